The highest BCUT2D eigenvalue weighted by atomic mass is 35.5. The molecule has 4 rings (SSSR count). The number of hydrogen-bond acceptors (Lipinski definition) is 6. The molecular formula is C18H10Cl2N4O2S. The Morgan fingerprint density at radius 1 is 1.07 bits per heavy atom. The van der Waals surface area contributed by atoms with Gasteiger partial charge in [-0.1, -0.05) is 64.9 Å². The zero-order chi connectivity index (χ0) is 19.1. The summed E-state index contributed by atoms with van der Waals surface area (Å²) in [6.45, 7) is 0. The van der Waals surface area contributed by atoms with E-state index in [0.29, 0.717) is 15.5 Å². The number of fused-ring (bicyclic) bond motifs is 1. The topological polar surface area (TPSA) is 90.4 Å². The van der Waals surface area contributed by atoms with Gasteiger partial charge in [0.2, 0.25) is 10.7 Å². The number of allylic oxidation sites excluding steroid dienone is 5. The van der Waals surface area contributed by atoms with Gasteiger partial charge in [-0.3, -0.25) is 9.59 Å². The van der Waals surface area contributed by atoms with Gasteiger partial charge in [0.25, 0.3) is 5.56 Å². The van der Waals surface area contributed by atoms with E-state index in [9.17, 15) is 9.59 Å². The number of hydrogen-bond donors (Lipinski definition) is 1. The lowest BCUT2D eigenvalue weighted by atomic mass is 10.1. The SMILES string of the molecule is Nc1c(C=C2C=C(Cl)C(=O)C(Cl)=C2)c(=O)nc2sc(-c3ccccc3)nn12. The summed E-state index contributed by atoms with van der Waals surface area (Å²) in [4.78, 5) is 28.5. The predicted molar refractivity (Wildman–Crippen MR) is 108 cm³/mol. The normalized spacial score (nSPS) is 14.3. The van der Waals surface area contributed by atoms with Crippen molar-refractivity contribution in [3.63, 3.8) is 0 Å². The molecule has 0 spiro atoms. The molecule has 0 unspecified atom stereocenters. The number of nitrogens with zero attached hydrogens (tertiary/aromatic N) is 3. The molecule has 27 heavy (non-hydrogen) atoms. The van der Waals surface area contributed by atoms with Crippen LogP contribution in [0.5, 0.6) is 0 Å². The summed E-state index contributed by atoms with van der Waals surface area (Å²) < 4.78 is 1.42. The molecular weight excluding hydrogens is 407 g/mol. The van der Waals surface area contributed by atoms with Crippen molar-refractivity contribution < 1.29 is 4.79 Å². The largest absolute Gasteiger partial charge is 0.383 e. The zero-order valence-electron chi connectivity index (χ0n) is 13.5. The lowest BCUT2D eigenvalue weighted by Gasteiger charge is -2.07. The molecule has 1 aliphatic carbocycles. The molecule has 9 heteroatoms. The molecule has 0 aliphatic heterocycles. The van der Waals surface area contributed by atoms with Crippen LogP contribution < -0.4 is 11.3 Å². The van der Waals surface area contributed by atoms with E-state index >= 15 is 0 Å². The number of rotatable bonds is 2. The Morgan fingerprint density at radius 2 is 1.74 bits per heavy atom. The van der Waals surface area contributed by atoms with Crippen molar-refractivity contribution in [3.8, 4) is 10.6 Å². The number of anilines is 1. The average Bonchev–Trinajstić information content (AvgIpc) is 3.08. The maximum Gasteiger partial charge on any atom is 0.283 e. The van der Waals surface area contributed by atoms with Crippen LogP contribution >= 0.6 is 34.5 Å². The van der Waals surface area contributed by atoms with E-state index in [-0.39, 0.29) is 21.4 Å². The maximum absolute atomic E-state index is 12.5. The number of Topliss-reactive ketones (excluding diaryl/α,β-unsaturated/α-hetero) is 1. The van der Waals surface area contributed by atoms with Crippen LogP contribution in [0.1, 0.15) is 5.56 Å². The minimum absolute atomic E-state index is 0.0403. The van der Waals surface area contributed by atoms with Gasteiger partial charge in [0.15, 0.2) is 0 Å². The van der Waals surface area contributed by atoms with E-state index in [1.165, 1.54) is 34.1 Å². The molecule has 134 valence electrons. The maximum atomic E-state index is 12.5. The Balaban J connectivity index is 1.87. The Hall–Kier alpha value is -2.74. The van der Waals surface area contributed by atoms with E-state index in [1.54, 1.807) is 0 Å². The quantitative estimate of drug-likeness (QED) is 0.688. The second-order valence-electron chi connectivity index (χ2n) is 5.64. The zero-order valence-corrected chi connectivity index (χ0v) is 15.8. The van der Waals surface area contributed by atoms with E-state index in [4.69, 9.17) is 28.9 Å². The lowest BCUT2D eigenvalue weighted by Crippen LogP contribution is -2.17. The van der Waals surface area contributed by atoms with Crippen molar-refractivity contribution >= 4 is 57.2 Å². The Bertz CT molecular complexity index is 1220. The van der Waals surface area contributed by atoms with Gasteiger partial charge in [-0.2, -0.15) is 14.6 Å². The van der Waals surface area contributed by atoms with Crippen molar-refractivity contribution in [2.24, 2.45) is 0 Å². The van der Waals surface area contributed by atoms with Crippen molar-refractivity contribution in [1.82, 2.24) is 14.6 Å². The van der Waals surface area contributed by atoms with Crippen LogP contribution in [0, 0.1) is 0 Å². The van der Waals surface area contributed by atoms with Gasteiger partial charge in [-0.15, -0.1) is 0 Å². The van der Waals surface area contributed by atoms with Gasteiger partial charge in [0.1, 0.15) is 10.8 Å². The van der Waals surface area contributed by atoms with Crippen LogP contribution in [0.25, 0.3) is 21.6 Å². The molecule has 1 aliphatic rings. The number of nitrogens with two attached hydrogens (primary N) is 1. The molecule has 0 saturated heterocycles. The summed E-state index contributed by atoms with van der Waals surface area (Å²) in [6, 6.07) is 9.52. The number of nitrogen functional groups attached to an aromatic ring is 1. The number of ketones is 1. The summed E-state index contributed by atoms with van der Waals surface area (Å²) >= 11 is 13.0. The molecule has 0 atom stereocenters. The fourth-order valence-electron chi connectivity index (χ4n) is 2.54. The van der Waals surface area contributed by atoms with E-state index < -0.39 is 11.3 Å². The van der Waals surface area contributed by atoms with Gasteiger partial charge >= 0.3 is 0 Å². The van der Waals surface area contributed by atoms with E-state index in [2.05, 4.69) is 10.1 Å². The van der Waals surface area contributed by atoms with Crippen molar-refractivity contribution in [3.05, 3.63) is 74.0 Å². The molecule has 2 heterocycles. The first kappa shape index (κ1) is 17.7. The minimum atomic E-state index is -0.505. The summed E-state index contributed by atoms with van der Waals surface area (Å²) in [7, 11) is 0. The van der Waals surface area contributed by atoms with Crippen LogP contribution in [-0.4, -0.2) is 20.4 Å². The van der Waals surface area contributed by atoms with Gasteiger partial charge < -0.3 is 5.73 Å². The fraction of sp³-hybridized carbons (Fsp3) is 0. The number of aromatic nitrogens is 3. The molecule has 2 N–H and O–H groups in total. The minimum Gasteiger partial charge on any atom is -0.383 e. The lowest BCUT2D eigenvalue weighted by molar-refractivity contribution is -0.111. The van der Waals surface area contributed by atoms with Crippen molar-refractivity contribution in [2.45, 2.75) is 0 Å². The molecule has 0 radical (unpaired) electrons. The molecule has 1 aromatic carbocycles. The highest BCUT2D eigenvalue weighted by Crippen LogP contribution is 2.28. The Kier molecular flexibility index (Phi) is 4.43. The van der Waals surface area contributed by atoms with Crippen LogP contribution in [0.4, 0.5) is 5.82 Å². The monoisotopic (exact) mass is 416 g/mol. The van der Waals surface area contributed by atoms with Crippen molar-refractivity contribution in [2.75, 3.05) is 5.73 Å². The van der Waals surface area contributed by atoms with Gasteiger partial charge in [-0.25, -0.2) is 0 Å². The summed E-state index contributed by atoms with van der Waals surface area (Å²) in [5, 5.41) is 5.07. The summed E-state index contributed by atoms with van der Waals surface area (Å²) in [5.74, 6) is -0.331. The van der Waals surface area contributed by atoms with Crippen LogP contribution in [0.3, 0.4) is 0 Å². The van der Waals surface area contributed by atoms with E-state index in [0.717, 1.165) is 5.56 Å². The van der Waals surface area contributed by atoms with Crippen LogP contribution in [0.2, 0.25) is 0 Å². The Labute approximate surface area is 166 Å². The third-order valence-corrected chi connectivity index (χ3v) is 5.36. The first-order valence-electron chi connectivity index (χ1n) is 7.69. The van der Waals surface area contributed by atoms with Crippen molar-refractivity contribution in [1.29, 1.82) is 0 Å². The number of halogens is 2. The number of carbonyl (C=O) groups excluding carboxylic acids is 1. The standard InChI is InChI=1S/C18H10Cl2N4O2S/c19-12-7-9(8-13(20)14(12)25)6-11-15(21)24-18(22-16(11)26)27-17(23-24)10-4-2-1-3-5-10/h1-8H,21H2. The molecule has 0 bridgehead atoms. The second-order valence-corrected chi connectivity index (χ2v) is 7.41. The van der Waals surface area contributed by atoms with E-state index in [1.807, 2.05) is 30.3 Å². The number of benzene rings is 1. The number of carbonyl (C=O) groups is 1. The highest BCUT2D eigenvalue weighted by Gasteiger charge is 2.19. The fourth-order valence-corrected chi connectivity index (χ4v) is 3.95. The van der Waals surface area contributed by atoms with Gasteiger partial charge in [-0.05, 0) is 23.8 Å². The molecule has 2 aromatic heterocycles. The second kappa shape index (κ2) is 6.77. The predicted octanol–water partition coefficient (Wildman–Crippen LogP) is 3.61. The molecule has 0 amide bonds. The van der Waals surface area contributed by atoms with Gasteiger partial charge in [0.05, 0.1) is 15.6 Å². The Morgan fingerprint density at radius 3 is 2.41 bits per heavy atom. The van der Waals surface area contributed by atoms with Crippen LogP contribution in [-0.2, 0) is 4.79 Å². The molecule has 6 nitrogen and oxygen atoms in total. The third-order valence-electron chi connectivity index (χ3n) is 3.84. The first-order chi connectivity index (χ1) is 12.9. The summed E-state index contributed by atoms with van der Waals surface area (Å²) in [5.41, 5.74) is 7.17. The molecule has 3 aromatic rings. The molecule has 0 saturated carbocycles. The smallest absolute Gasteiger partial charge is 0.283 e. The molecule has 0 fully saturated rings. The highest BCUT2D eigenvalue weighted by molar-refractivity contribution is 7.19. The van der Waals surface area contributed by atoms with Gasteiger partial charge in [0, 0.05) is 5.56 Å². The first-order valence-corrected chi connectivity index (χ1v) is 9.27. The summed E-state index contributed by atoms with van der Waals surface area (Å²) in [6.07, 6.45) is 4.32. The average molecular weight is 417 g/mol. The third kappa shape index (κ3) is 3.21. The van der Waals surface area contributed by atoms with Crippen LogP contribution in [0.15, 0.2) is 62.9 Å².